The summed E-state index contributed by atoms with van der Waals surface area (Å²) < 4.78 is 0. The van der Waals surface area contributed by atoms with Crippen LogP contribution >= 0.6 is 0 Å². The Morgan fingerprint density at radius 2 is 1.93 bits per heavy atom. The molecule has 1 aliphatic carbocycles. The van der Waals surface area contributed by atoms with Crippen molar-refractivity contribution in [3.8, 4) is 0 Å². The number of aryl methyl sites for hydroxylation is 1. The zero-order valence-electron chi connectivity index (χ0n) is 17.8. The number of nitrogens with one attached hydrogen (secondary N) is 1. The van der Waals surface area contributed by atoms with Crippen LogP contribution in [0.2, 0.25) is 0 Å². The minimum Gasteiger partial charge on any atom is -0.381 e. The molecule has 8 heteroatoms. The van der Waals surface area contributed by atoms with Gasteiger partial charge in [0, 0.05) is 62.4 Å². The van der Waals surface area contributed by atoms with Gasteiger partial charge >= 0.3 is 0 Å². The highest BCUT2D eigenvalue weighted by atomic mass is 15.6. The summed E-state index contributed by atoms with van der Waals surface area (Å²) in [7, 11) is 2.21. The summed E-state index contributed by atoms with van der Waals surface area (Å²) in [5.74, 6) is 0. The van der Waals surface area contributed by atoms with Crippen molar-refractivity contribution in [2.45, 2.75) is 37.9 Å². The molecule has 2 aliphatic heterocycles. The van der Waals surface area contributed by atoms with Gasteiger partial charge in [-0.2, -0.15) is 5.11 Å². The zero-order valence-corrected chi connectivity index (χ0v) is 17.8. The smallest absolute Gasteiger partial charge is 0.119 e. The van der Waals surface area contributed by atoms with E-state index in [0.717, 1.165) is 28.7 Å². The number of hydrogen-bond acceptors (Lipinski definition) is 8. The lowest BCUT2D eigenvalue weighted by Crippen LogP contribution is -2.55. The van der Waals surface area contributed by atoms with Gasteiger partial charge in [-0.15, -0.1) is 0 Å². The third-order valence-corrected chi connectivity index (χ3v) is 6.58. The molecule has 1 N–H and O–H groups in total. The average Bonchev–Trinajstić information content (AvgIpc) is 3.22. The fraction of sp³-hybridized carbons (Fsp3) is 0.545. The molecule has 0 bridgehead atoms. The molecule has 3 aliphatic rings. The molecule has 158 valence electrons. The van der Waals surface area contributed by atoms with Gasteiger partial charge in [0.1, 0.15) is 6.04 Å². The highest BCUT2D eigenvalue weighted by Gasteiger charge is 2.34. The lowest BCUT2D eigenvalue weighted by molar-refractivity contribution is 0.0657. The minimum absolute atomic E-state index is 0.00154. The Morgan fingerprint density at radius 3 is 2.73 bits per heavy atom. The molecule has 0 radical (unpaired) electrons. The summed E-state index contributed by atoms with van der Waals surface area (Å²) in [5.41, 5.74) is 4.16. The molecular weight excluding hydrogens is 376 g/mol. The lowest BCUT2D eigenvalue weighted by Gasteiger charge is -2.46. The molecule has 2 aromatic rings. The maximum atomic E-state index is 4.48. The Bertz CT molecular complexity index is 902. The number of aromatic nitrogens is 2. The van der Waals surface area contributed by atoms with Gasteiger partial charge in [0.05, 0.1) is 23.6 Å². The van der Waals surface area contributed by atoms with E-state index >= 15 is 0 Å². The lowest BCUT2D eigenvalue weighted by atomic mass is 9.85. The minimum atomic E-state index is -0.00154. The van der Waals surface area contributed by atoms with Crippen molar-refractivity contribution in [3.63, 3.8) is 0 Å². The maximum Gasteiger partial charge on any atom is 0.119 e. The van der Waals surface area contributed by atoms with E-state index in [9.17, 15) is 0 Å². The number of piperazine rings is 1. The largest absolute Gasteiger partial charge is 0.381 e. The van der Waals surface area contributed by atoms with Crippen molar-refractivity contribution in [1.29, 1.82) is 0 Å². The van der Waals surface area contributed by atoms with Crippen LogP contribution in [0.15, 0.2) is 47.1 Å². The first-order valence-corrected chi connectivity index (χ1v) is 10.9. The Balaban J connectivity index is 1.16. The second kappa shape index (κ2) is 8.28. The summed E-state index contributed by atoms with van der Waals surface area (Å²) in [6.07, 6.45) is 8.05. The number of pyridine rings is 2. The zero-order chi connectivity index (χ0) is 20.5. The van der Waals surface area contributed by atoms with Crippen molar-refractivity contribution in [2.24, 2.45) is 10.3 Å². The van der Waals surface area contributed by atoms with E-state index in [0.29, 0.717) is 12.6 Å². The number of nitrogens with zero attached hydrogens (tertiary/aromatic N) is 7. The van der Waals surface area contributed by atoms with Crippen LogP contribution < -0.4 is 10.3 Å². The van der Waals surface area contributed by atoms with Crippen molar-refractivity contribution >= 4 is 11.4 Å². The Hall–Kier alpha value is -2.58. The molecule has 2 fully saturated rings. The van der Waals surface area contributed by atoms with Crippen LogP contribution in [0.3, 0.4) is 0 Å². The van der Waals surface area contributed by atoms with Gasteiger partial charge in [-0.25, -0.2) is 5.01 Å². The van der Waals surface area contributed by atoms with Crippen LogP contribution in [0, 0.1) is 6.92 Å². The molecule has 2 aromatic heterocycles. The predicted molar refractivity (Wildman–Crippen MR) is 118 cm³/mol. The first-order chi connectivity index (χ1) is 14.7. The standard InChI is InChI=1S/C22H30N8/c1-16-22(4-3-5-24-16)30-15-21(26-27-30)17-10-19(14-23-13-17)25-18-11-20(12-18)29-8-6-28(2)7-9-29/h3-5,10,13-14,18,20-21,25H,6-9,11-12,15H2,1-2H3. The number of likely N-dealkylation sites (N-methyl/N-ethyl adjacent to an activating group) is 1. The molecule has 0 spiro atoms. The van der Waals surface area contributed by atoms with Gasteiger partial charge in [0.2, 0.25) is 0 Å². The Kier molecular flexibility index (Phi) is 5.35. The van der Waals surface area contributed by atoms with Crippen molar-refractivity contribution in [2.75, 3.05) is 50.1 Å². The molecule has 5 rings (SSSR count). The first kappa shape index (κ1) is 19.4. The van der Waals surface area contributed by atoms with E-state index in [2.05, 4.69) is 48.5 Å². The predicted octanol–water partition coefficient (Wildman–Crippen LogP) is 2.90. The Morgan fingerprint density at radius 1 is 1.10 bits per heavy atom. The van der Waals surface area contributed by atoms with Gasteiger partial charge in [-0.1, -0.05) is 5.22 Å². The fourth-order valence-corrected chi connectivity index (χ4v) is 4.57. The number of rotatable bonds is 5. The van der Waals surface area contributed by atoms with Crippen LogP contribution in [0.25, 0.3) is 0 Å². The number of anilines is 2. The van der Waals surface area contributed by atoms with Crippen molar-refractivity contribution in [1.82, 2.24) is 19.8 Å². The van der Waals surface area contributed by atoms with Gasteiger partial charge in [0.15, 0.2) is 0 Å². The number of hydrogen-bond donors (Lipinski definition) is 1. The fourth-order valence-electron chi connectivity index (χ4n) is 4.57. The van der Waals surface area contributed by atoms with E-state index < -0.39 is 0 Å². The van der Waals surface area contributed by atoms with Gasteiger partial charge in [0.25, 0.3) is 0 Å². The molecule has 1 atom stereocenters. The molecule has 1 saturated heterocycles. The summed E-state index contributed by atoms with van der Waals surface area (Å²) in [6, 6.07) is 7.41. The second-order valence-corrected chi connectivity index (χ2v) is 8.72. The molecule has 8 nitrogen and oxygen atoms in total. The summed E-state index contributed by atoms with van der Waals surface area (Å²) >= 11 is 0. The normalized spacial score (nSPS) is 27.3. The Labute approximate surface area is 178 Å². The molecule has 0 aromatic carbocycles. The van der Waals surface area contributed by atoms with Crippen molar-refractivity contribution < 1.29 is 0 Å². The van der Waals surface area contributed by atoms with E-state index in [1.807, 2.05) is 36.5 Å². The van der Waals surface area contributed by atoms with Gasteiger partial charge < -0.3 is 10.2 Å². The monoisotopic (exact) mass is 406 g/mol. The third kappa shape index (κ3) is 4.02. The molecule has 30 heavy (non-hydrogen) atoms. The highest BCUT2D eigenvalue weighted by Crippen LogP contribution is 2.32. The molecule has 4 heterocycles. The van der Waals surface area contributed by atoms with E-state index in [1.54, 1.807) is 6.20 Å². The molecule has 1 unspecified atom stereocenters. The quantitative estimate of drug-likeness (QED) is 0.823. The third-order valence-electron chi connectivity index (χ3n) is 6.58. The average molecular weight is 407 g/mol. The van der Waals surface area contributed by atoms with E-state index in [1.165, 1.54) is 39.0 Å². The van der Waals surface area contributed by atoms with Crippen LogP contribution in [0.1, 0.15) is 30.1 Å². The summed E-state index contributed by atoms with van der Waals surface area (Å²) in [6.45, 7) is 7.48. The molecule has 1 saturated carbocycles. The highest BCUT2D eigenvalue weighted by molar-refractivity contribution is 5.51. The topological polar surface area (TPSA) is 72.2 Å². The summed E-state index contributed by atoms with van der Waals surface area (Å²) in [5, 5.41) is 14.5. The van der Waals surface area contributed by atoms with Gasteiger partial charge in [-0.3, -0.25) is 14.9 Å². The first-order valence-electron chi connectivity index (χ1n) is 10.9. The van der Waals surface area contributed by atoms with Crippen LogP contribution in [0.4, 0.5) is 11.4 Å². The SMILES string of the molecule is Cc1ncccc1N1CC(c2cncc(NC3CC(N4CCN(C)CC4)C3)c2)N=N1. The van der Waals surface area contributed by atoms with E-state index in [-0.39, 0.29) is 6.04 Å². The van der Waals surface area contributed by atoms with Crippen molar-refractivity contribution in [3.05, 3.63) is 48.0 Å². The molecular formula is C22H30N8. The van der Waals surface area contributed by atoms with Crippen LogP contribution in [-0.4, -0.2) is 71.6 Å². The summed E-state index contributed by atoms with van der Waals surface area (Å²) in [4.78, 5) is 13.9. The van der Waals surface area contributed by atoms with Crippen LogP contribution in [-0.2, 0) is 0 Å². The maximum absolute atomic E-state index is 4.48. The van der Waals surface area contributed by atoms with E-state index in [4.69, 9.17) is 0 Å². The second-order valence-electron chi connectivity index (χ2n) is 8.72. The van der Waals surface area contributed by atoms with Crippen LogP contribution in [0.5, 0.6) is 0 Å². The van der Waals surface area contributed by atoms with Gasteiger partial charge in [-0.05, 0) is 45.0 Å². The molecule has 0 amide bonds.